The highest BCUT2D eigenvalue weighted by Crippen LogP contribution is 2.29. The van der Waals surface area contributed by atoms with Crippen LogP contribution in [0, 0.1) is 17.0 Å². The lowest BCUT2D eigenvalue weighted by molar-refractivity contribution is -0.385. The minimum atomic E-state index is -0.504. The van der Waals surface area contributed by atoms with Gasteiger partial charge in [0.05, 0.1) is 11.0 Å². The molecule has 1 heterocycles. The molecule has 110 valence electrons. The molecule has 8 nitrogen and oxygen atoms in total. The van der Waals surface area contributed by atoms with Crippen molar-refractivity contribution in [3.05, 3.63) is 51.7 Å². The normalized spacial score (nSPS) is 11.8. The third-order valence-electron chi connectivity index (χ3n) is 3.02. The Morgan fingerprint density at radius 2 is 1.95 bits per heavy atom. The highest BCUT2D eigenvalue weighted by Gasteiger charge is 2.23. The maximum Gasteiger partial charge on any atom is 0.332 e. The average Bonchev–Trinajstić information content (AvgIpc) is 2.47. The summed E-state index contributed by atoms with van der Waals surface area (Å²) < 4.78 is 0. The molecule has 1 atom stereocenters. The Morgan fingerprint density at radius 3 is 2.52 bits per heavy atom. The largest absolute Gasteiger partial charge is 0.358 e. The molecule has 1 aromatic carbocycles. The Hall–Kier alpha value is -2.74. The van der Waals surface area contributed by atoms with Gasteiger partial charge in [-0.3, -0.25) is 15.5 Å². The summed E-state index contributed by atoms with van der Waals surface area (Å²) in [6, 6.07) is 9.42. The lowest BCUT2D eigenvalue weighted by Crippen LogP contribution is -2.16. The number of nitrogen functional groups attached to an aromatic ring is 1. The van der Waals surface area contributed by atoms with Gasteiger partial charge in [0.15, 0.2) is 0 Å². The van der Waals surface area contributed by atoms with E-state index in [4.69, 9.17) is 5.84 Å². The predicted molar refractivity (Wildman–Crippen MR) is 79.7 cm³/mol. The van der Waals surface area contributed by atoms with E-state index in [1.165, 1.54) is 0 Å². The summed E-state index contributed by atoms with van der Waals surface area (Å²) in [7, 11) is 0. The molecule has 4 N–H and O–H groups in total. The van der Waals surface area contributed by atoms with Crippen LogP contribution in [-0.4, -0.2) is 14.9 Å². The Labute approximate surface area is 121 Å². The molecule has 0 saturated heterocycles. The van der Waals surface area contributed by atoms with Crippen LogP contribution in [0.25, 0.3) is 0 Å². The highest BCUT2D eigenvalue weighted by atomic mass is 16.6. The molecule has 0 saturated carbocycles. The van der Waals surface area contributed by atoms with Crippen LogP contribution in [0.4, 0.5) is 17.5 Å². The Bertz CT molecular complexity index is 647. The van der Waals surface area contributed by atoms with Crippen LogP contribution in [0.1, 0.15) is 24.2 Å². The van der Waals surface area contributed by atoms with E-state index in [0.29, 0.717) is 0 Å². The van der Waals surface area contributed by atoms with Gasteiger partial charge in [-0.2, -0.15) is 4.98 Å². The second-order valence-corrected chi connectivity index (χ2v) is 4.51. The third kappa shape index (κ3) is 3.23. The number of hydrogen-bond acceptors (Lipinski definition) is 7. The molecule has 8 heteroatoms. The Balaban J connectivity index is 2.38. The lowest BCUT2D eigenvalue weighted by atomic mass is 10.1. The van der Waals surface area contributed by atoms with Gasteiger partial charge in [-0.15, -0.1) is 0 Å². The fourth-order valence-electron chi connectivity index (χ4n) is 1.98. The number of benzene rings is 1. The zero-order valence-corrected chi connectivity index (χ0v) is 11.7. The van der Waals surface area contributed by atoms with Gasteiger partial charge >= 0.3 is 5.69 Å². The molecule has 0 bridgehead atoms. The minimum absolute atomic E-state index is 0.126. The van der Waals surface area contributed by atoms with Gasteiger partial charge < -0.3 is 5.32 Å². The van der Waals surface area contributed by atoms with Gasteiger partial charge in [0.25, 0.3) is 0 Å². The summed E-state index contributed by atoms with van der Waals surface area (Å²) in [5, 5.41) is 14.2. The standard InChI is InChI=1S/C13H16N6O2/c1-8(10-6-4-3-5-7-10)15-12-11(19(20)21)9(2)16-13(17-12)18-14/h3-8H,14H2,1-2H3,(H2,15,16,17,18). The number of hydrazine groups is 1. The number of anilines is 2. The van der Waals surface area contributed by atoms with Crippen molar-refractivity contribution in [2.75, 3.05) is 10.7 Å². The topological polar surface area (TPSA) is 119 Å². The van der Waals surface area contributed by atoms with Crippen LogP contribution in [0.2, 0.25) is 0 Å². The maximum absolute atomic E-state index is 11.2. The van der Waals surface area contributed by atoms with Crippen molar-refractivity contribution in [1.29, 1.82) is 0 Å². The molecule has 2 aromatic rings. The number of rotatable bonds is 5. The van der Waals surface area contributed by atoms with Gasteiger partial charge in [0.1, 0.15) is 5.69 Å². The van der Waals surface area contributed by atoms with Crippen LogP contribution >= 0.6 is 0 Å². The first-order chi connectivity index (χ1) is 10.0. The molecule has 21 heavy (non-hydrogen) atoms. The number of nitrogens with two attached hydrogens (primary N) is 1. The van der Waals surface area contributed by atoms with Crippen molar-refractivity contribution in [3.8, 4) is 0 Å². The molecular formula is C13H16N6O2. The van der Waals surface area contributed by atoms with E-state index < -0.39 is 4.92 Å². The summed E-state index contributed by atoms with van der Waals surface area (Å²) >= 11 is 0. The van der Waals surface area contributed by atoms with Gasteiger partial charge in [-0.05, 0) is 19.4 Å². The first-order valence-corrected chi connectivity index (χ1v) is 6.34. The second kappa shape index (κ2) is 6.14. The molecule has 1 aromatic heterocycles. The van der Waals surface area contributed by atoms with Crippen LogP contribution in [0.5, 0.6) is 0 Å². The van der Waals surface area contributed by atoms with E-state index in [2.05, 4.69) is 20.7 Å². The minimum Gasteiger partial charge on any atom is -0.358 e. The summed E-state index contributed by atoms with van der Waals surface area (Å²) in [6.07, 6.45) is 0. The number of nitrogens with one attached hydrogen (secondary N) is 2. The molecule has 0 fully saturated rings. The zero-order chi connectivity index (χ0) is 15.4. The second-order valence-electron chi connectivity index (χ2n) is 4.51. The smallest absolute Gasteiger partial charge is 0.332 e. The van der Waals surface area contributed by atoms with Crippen LogP contribution in [-0.2, 0) is 0 Å². The van der Waals surface area contributed by atoms with Crippen molar-refractivity contribution in [2.24, 2.45) is 5.84 Å². The van der Waals surface area contributed by atoms with Crippen molar-refractivity contribution < 1.29 is 4.92 Å². The number of aryl methyl sites for hydroxylation is 1. The van der Waals surface area contributed by atoms with E-state index in [1.807, 2.05) is 37.3 Å². The van der Waals surface area contributed by atoms with E-state index >= 15 is 0 Å². The van der Waals surface area contributed by atoms with Crippen molar-refractivity contribution >= 4 is 17.5 Å². The average molecular weight is 288 g/mol. The van der Waals surface area contributed by atoms with Gasteiger partial charge in [0.2, 0.25) is 11.8 Å². The van der Waals surface area contributed by atoms with Crippen molar-refractivity contribution in [2.45, 2.75) is 19.9 Å². The monoisotopic (exact) mass is 288 g/mol. The number of nitro groups is 1. The third-order valence-corrected chi connectivity index (χ3v) is 3.02. The van der Waals surface area contributed by atoms with Crippen LogP contribution < -0.4 is 16.6 Å². The summed E-state index contributed by atoms with van der Waals surface area (Å²) in [5.41, 5.74) is 3.38. The SMILES string of the molecule is Cc1nc(NN)nc(NC(C)c2ccccc2)c1[N+](=O)[O-]. The summed E-state index contributed by atoms with van der Waals surface area (Å²) in [6.45, 7) is 3.44. The van der Waals surface area contributed by atoms with Crippen LogP contribution in [0.3, 0.4) is 0 Å². The van der Waals surface area contributed by atoms with E-state index in [9.17, 15) is 10.1 Å². The van der Waals surface area contributed by atoms with Gasteiger partial charge in [0, 0.05) is 0 Å². The van der Waals surface area contributed by atoms with E-state index in [1.54, 1.807) is 6.92 Å². The first kappa shape index (κ1) is 14.7. The van der Waals surface area contributed by atoms with Crippen molar-refractivity contribution in [3.63, 3.8) is 0 Å². The van der Waals surface area contributed by atoms with Crippen LogP contribution in [0.15, 0.2) is 30.3 Å². The predicted octanol–water partition coefficient (Wildman–Crippen LogP) is 2.15. The molecule has 0 aliphatic carbocycles. The van der Waals surface area contributed by atoms with Crippen molar-refractivity contribution in [1.82, 2.24) is 9.97 Å². The molecule has 0 aliphatic heterocycles. The summed E-state index contributed by atoms with van der Waals surface area (Å²) in [4.78, 5) is 18.7. The lowest BCUT2D eigenvalue weighted by Gasteiger charge is -2.16. The highest BCUT2D eigenvalue weighted by molar-refractivity contribution is 5.61. The molecular weight excluding hydrogens is 272 g/mol. The number of aromatic nitrogens is 2. The Morgan fingerprint density at radius 1 is 1.29 bits per heavy atom. The summed E-state index contributed by atoms with van der Waals surface area (Å²) in [5.74, 6) is 5.54. The quantitative estimate of drug-likeness (QED) is 0.438. The first-order valence-electron chi connectivity index (χ1n) is 6.34. The molecule has 0 radical (unpaired) electrons. The maximum atomic E-state index is 11.2. The fraction of sp³-hybridized carbons (Fsp3) is 0.231. The zero-order valence-electron chi connectivity index (χ0n) is 11.7. The Kier molecular flexibility index (Phi) is 4.29. The van der Waals surface area contributed by atoms with E-state index in [0.717, 1.165) is 5.56 Å². The fourth-order valence-corrected chi connectivity index (χ4v) is 1.98. The molecule has 2 rings (SSSR count). The number of nitrogens with zero attached hydrogens (tertiary/aromatic N) is 3. The molecule has 0 spiro atoms. The van der Waals surface area contributed by atoms with Gasteiger partial charge in [-0.1, -0.05) is 30.3 Å². The molecule has 1 unspecified atom stereocenters. The number of hydrogen-bond donors (Lipinski definition) is 3. The molecule has 0 amide bonds. The molecule has 0 aliphatic rings. The van der Waals surface area contributed by atoms with Gasteiger partial charge in [-0.25, -0.2) is 10.8 Å². The van der Waals surface area contributed by atoms with E-state index in [-0.39, 0.29) is 29.2 Å².